The van der Waals surface area contributed by atoms with Gasteiger partial charge in [0.05, 0.1) is 17.4 Å². The molecule has 1 aliphatic heterocycles. The van der Waals surface area contributed by atoms with Crippen molar-refractivity contribution >= 4 is 7.60 Å². The van der Waals surface area contributed by atoms with Crippen LogP contribution in [0.2, 0.25) is 0 Å². The largest absolute Gasteiger partial charge is 0.388 e. The topological polar surface area (TPSA) is 138 Å². The highest BCUT2D eigenvalue weighted by molar-refractivity contribution is 7.54. The van der Waals surface area contributed by atoms with Gasteiger partial charge in [-0.3, -0.25) is 9.36 Å². The first kappa shape index (κ1) is 26.7. The minimum Gasteiger partial charge on any atom is -0.388 e. The minimum atomic E-state index is -4.41. The number of aliphatic hydroxyl groups is 2. The Morgan fingerprint density at radius 3 is 2.47 bits per heavy atom. The molecular weight excluding hydrogens is 437 g/mol. The Morgan fingerprint density at radius 1 is 1.34 bits per heavy atom. The van der Waals surface area contributed by atoms with Gasteiger partial charge in [0.25, 0.3) is 5.56 Å². The van der Waals surface area contributed by atoms with Gasteiger partial charge in [-0.25, -0.2) is 0 Å². The molecule has 0 saturated carbocycles. The zero-order valence-corrected chi connectivity index (χ0v) is 20.3. The second-order valence-corrected chi connectivity index (χ2v) is 10.9. The molecular formula is C22H34NO8P. The van der Waals surface area contributed by atoms with Crippen LogP contribution in [0.3, 0.4) is 0 Å². The van der Waals surface area contributed by atoms with Gasteiger partial charge in [-0.1, -0.05) is 19.8 Å². The molecule has 7 atom stereocenters. The fourth-order valence-electron chi connectivity index (χ4n) is 3.69. The molecule has 1 saturated heterocycles. The third-order valence-corrected chi connectivity index (χ3v) is 8.54. The second kappa shape index (κ2) is 9.78. The average molecular weight is 471 g/mol. The van der Waals surface area contributed by atoms with Gasteiger partial charge in [0.1, 0.15) is 18.3 Å². The van der Waals surface area contributed by atoms with Crippen molar-refractivity contribution in [1.29, 1.82) is 0 Å². The van der Waals surface area contributed by atoms with Gasteiger partial charge in [0.2, 0.25) is 0 Å². The molecule has 2 heterocycles. The van der Waals surface area contributed by atoms with Crippen LogP contribution in [-0.2, 0) is 18.6 Å². The van der Waals surface area contributed by atoms with Crippen molar-refractivity contribution in [3.05, 3.63) is 33.2 Å². The van der Waals surface area contributed by atoms with Crippen molar-refractivity contribution < 1.29 is 33.7 Å². The van der Waals surface area contributed by atoms with Gasteiger partial charge in [-0.05, 0) is 39.7 Å². The third kappa shape index (κ3) is 5.18. The molecule has 1 aromatic rings. The number of aliphatic hydroxyl groups excluding tert-OH is 1. The molecule has 4 N–H and O–H groups in total. The number of methoxy groups -OCH3 is 1. The first-order valence-electron chi connectivity index (χ1n) is 10.6. The SMILES string of the molecule is C#Cc1[nH]c(=O)c(C)cc1[C@@H]1O[C@H](CC(C)(CC)OP(=O)(O)C(C)(O)CC)C(O)[C@@H]1OC. The number of rotatable bonds is 9. The van der Waals surface area contributed by atoms with Gasteiger partial charge in [0.15, 0.2) is 5.34 Å². The predicted octanol–water partition coefficient (Wildman–Crippen LogP) is 2.36. The van der Waals surface area contributed by atoms with E-state index < -0.39 is 43.0 Å². The monoisotopic (exact) mass is 471 g/mol. The number of H-pyrrole nitrogens is 1. The lowest BCUT2D eigenvalue weighted by Crippen LogP contribution is -2.40. The predicted molar refractivity (Wildman–Crippen MR) is 119 cm³/mol. The Kier molecular flexibility index (Phi) is 8.17. The van der Waals surface area contributed by atoms with E-state index in [0.29, 0.717) is 17.5 Å². The summed E-state index contributed by atoms with van der Waals surface area (Å²) in [5.41, 5.74) is -0.342. The van der Waals surface area contributed by atoms with E-state index in [1.165, 1.54) is 14.0 Å². The van der Waals surface area contributed by atoms with E-state index in [2.05, 4.69) is 10.9 Å². The Bertz CT molecular complexity index is 968. The Labute approximate surface area is 188 Å². The van der Waals surface area contributed by atoms with Crippen LogP contribution in [0.5, 0.6) is 0 Å². The van der Waals surface area contributed by atoms with Crippen molar-refractivity contribution in [3.63, 3.8) is 0 Å². The molecule has 180 valence electrons. The maximum absolute atomic E-state index is 12.8. The van der Waals surface area contributed by atoms with Crippen molar-refractivity contribution in [1.82, 2.24) is 4.98 Å². The highest BCUT2D eigenvalue weighted by Gasteiger charge is 2.51. The van der Waals surface area contributed by atoms with Gasteiger partial charge < -0.3 is 34.1 Å². The quantitative estimate of drug-likeness (QED) is 0.318. The summed E-state index contributed by atoms with van der Waals surface area (Å²) in [4.78, 5) is 25.0. The highest BCUT2D eigenvalue weighted by atomic mass is 31.2. The van der Waals surface area contributed by atoms with Gasteiger partial charge in [-0.15, -0.1) is 6.42 Å². The number of terminal acetylenes is 1. The van der Waals surface area contributed by atoms with Crippen LogP contribution in [0.25, 0.3) is 0 Å². The molecule has 32 heavy (non-hydrogen) atoms. The van der Waals surface area contributed by atoms with Crippen LogP contribution in [0, 0.1) is 19.3 Å². The number of aromatic nitrogens is 1. The normalized spacial score (nSPS) is 29.0. The summed E-state index contributed by atoms with van der Waals surface area (Å²) in [5, 5.41) is 19.3. The zero-order chi connectivity index (χ0) is 24.5. The highest BCUT2D eigenvalue weighted by Crippen LogP contribution is 2.59. The summed E-state index contributed by atoms with van der Waals surface area (Å²) < 4.78 is 29.9. The summed E-state index contributed by atoms with van der Waals surface area (Å²) in [6.45, 7) is 7.87. The van der Waals surface area contributed by atoms with Crippen LogP contribution >= 0.6 is 7.60 Å². The Morgan fingerprint density at radius 2 is 1.97 bits per heavy atom. The maximum Gasteiger partial charge on any atom is 0.359 e. The van der Waals surface area contributed by atoms with Crippen LogP contribution in [-0.4, -0.2) is 56.5 Å². The molecule has 0 bridgehead atoms. The number of aryl methyl sites for hydroxylation is 1. The lowest BCUT2D eigenvalue weighted by Gasteiger charge is -2.37. The van der Waals surface area contributed by atoms with E-state index in [1.54, 1.807) is 33.8 Å². The molecule has 1 fully saturated rings. The Hall–Kier alpha value is -1.50. The molecule has 1 aromatic heterocycles. The van der Waals surface area contributed by atoms with E-state index in [9.17, 15) is 24.5 Å². The van der Waals surface area contributed by atoms with Crippen LogP contribution < -0.4 is 5.56 Å². The zero-order valence-electron chi connectivity index (χ0n) is 19.4. The molecule has 0 aliphatic carbocycles. The minimum absolute atomic E-state index is 0.0252. The van der Waals surface area contributed by atoms with Gasteiger partial charge >= 0.3 is 7.60 Å². The van der Waals surface area contributed by atoms with E-state index in [4.69, 9.17) is 20.4 Å². The lowest BCUT2D eigenvalue weighted by molar-refractivity contribution is -0.0531. The van der Waals surface area contributed by atoms with E-state index in [1.807, 2.05) is 0 Å². The van der Waals surface area contributed by atoms with E-state index >= 15 is 0 Å². The average Bonchev–Trinajstić information content (AvgIpc) is 3.03. The summed E-state index contributed by atoms with van der Waals surface area (Å²) in [6.07, 6.45) is 2.47. The number of ether oxygens (including phenoxy) is 2. The van der Waals surface area contributed by atoms with Crippen LogP contribution in [0.4, 0.5) is 0 Å². The number of hydrogen-bond acceptors (Lipinski definition) is 7. The molecule has 0 spiro atoms. The number of aromatic amines is 1. The smallest absolute Gasteiger partial charge is 0.359 e. The fraction of sp³-hybridized carbons (Fsp3) is 0.682. The Balaban J connectivity index is 2.36. The maximum atomic E-state index is 12.8. The molecule has 9 nitrogen and oxygen atoms in total. The summed E-state index contributed by atoms with van der Waals surface area (Å²) in [5.74, 6) is 2.43. The molecule has 10 heteroatoms. The van der Waals surface area contributed by atoms with Crippen molar-refractivity contribution in [2.75, 3.05) is 7.11 Å². The fourth-order valence-corrected chi connectivity index (χ4v) is 5.08. The van der Waals surface area contributed by atoms with Gasteiger partial charge in [-0.2, -0.15) is 0 Å². The standard InChI is InChI=1S/C22H34NO8P/c1-8-15-14(11-13(4)20(25)23-15)18-19(29-7)17(24)16(30-18)12-21(5,9-2)31-32(27,28)22(6,26)10-3/h1,11,16-19,24,26H,9-10,12H2,2-7H3,(H,23,25)(H,27,28)/t16-,17?,18+,19+,21?,22?/m1/s1. The molecule has 0 aromatic carbocycles. The number of hydrogen-bond donors (Lipinski definition) is 4. The third-order valence-electron chi connectivity index (χ3n) is 6.32. The summed E-state index contributed by atoms with van der Waals surface area (Å²) >= 11 is 0. The van der Waals surface area contributed by atoms with Crippen molar-refractivity contribution in [2.45, 2.75) is 89.2 Å². The molecule has 4 unspecified atom stereocenters. The van der Waals surface area contributed by atoms with E-state index in [0.717, 1.165) is 0 Å². The summed E-state index contributed by atoms with van der Waals surface area (Å²) in [6, 6.07) is 1.61. The van der Waals surface area contributed by atoms with Crippen LogP contribution in [0.15, 0.2) is 10.9 Å². The van der Waals surface area contributed by atoms with Crippen molar-refractivity contribution in [3.8, 4) is 12.3 Å². The molecule has 0 amide bonds. The van der Waals surface area contributed by atoms with Crippen LogP contribution in [0.1, 0.15) is 69.9 Å². The first-order chi connectivity index (χ1) is 14.8. The second-order valence-electron chi connectivity index (χ2n) is 8.73. The number of pyridine rings is 1. The first-order valence-corrected chi connectivity index (χ1v) is 12.2. The van der Waals surface area contributed by atoms with Crippen molar-refractivity contribution in [2.24, 2.45) is 0 Å². The van der Waals surface area contributed by atoms with Gasteiger partial charge in [0, 0.05) is 24.7 Å². The van der Waals surface area contributed by atoms with E-state index in [-0.39, 0.29) is 24.1 Å². The number of nitrogens with one attached hydrogen (secondary N) is 1. The lowest BCUT2D eigenvalue weighted by atomic mass is 9.92. The molecule has 0 radical (unpaired) electrons. The summed E-state index contributed by atoms with van der Waals surface area (Å²) in [7, 11) is -2.98. The molecule has 1 aliphatic rings. The molecule has 2 rings (SSSR count).